The van der Waals surface area contributed by atoms with Crippen molar-refractivity contribution in [2.24, 2.45) is 7.05 Å². The van der Waals surface area contributed by atoms with E-state index < -0.39 is 0 Å². The highest BCUT2D eigenvalue weighted by Gasteiger charge is 2.24. The summed E-state index contributed by atoms with van der Waals surface area (Å²) >= 11 is 0. The van der Waals surface area contributed by atoms with Crippen molar-refractivity contribution in [1.82, 2.24) is 14.9 Å². The van der Waals surface area contributed by atoms with Crippen molar-refractivity contribution < 1.29 is 0 Å². The largest absolute Gasteiger partial charge is 0.399 e. The Morgan fingerprint density at radius 3 is 2.88 bits per heavy atom. The molecular formula is C13H16N4. The molecule has 3 rings (SSSR count). The molecule has 0 amide bonds. The molecule has 1 aromatic heterocycles. The molecule has 1 atom stereocenters. The van der Waals surface area contributed by atoms with Crippen LogP contribution in [0.4, 0.5) is 5.69 Å². The number of hydrogen-bond donors (Lipinski definition) is 2. The van der Waals surface area contributed by atoms with Crippen LogP contribution >= 0.6 is 0 Å². The number of fused-ring (bicyclic) bond motifs is 1. The zero-order valence-corrected chi connectivity index (χ0v) is 9.85. The second-order valence-corrected chi connectivity index (χ2v) is 4.49. The maximum Gasteiger partial charge on any atom is 0.0949 e. The van der Waals surface area contributed by atoms with Gasteiger partial charge in [0.25, 0.3) is 0 Å². The topological polar surface area (TPSA) is 55.9 Å². The fourth-order valence-electron chi connectivity index (χ4n) is 2.45. The number of nitrogens with zero attached hydrogens (tertiary/aromatic N) is 2. The Bertz CT molecular complexity index is 527. The fourth-order valence-corrected chi connectivity index (χ4v) is 2.45. The van der Waals surface area contributed by atoms with Gasteiger partial charge in [-0.25, -0.2) is 4.98 Å². The summed E-state index contributed by atoms with van der Waals surface area (Å²) in [5.74, 6) is 0. The predicted octanol–water partition coefficient (Wildman–Crippen LogP) is 1.24. The first-order valence-electron chi connectivity index (χ1n) is 5.84. The highest BCUT2D eigenvalue weighted by Crippen LogP contribution is 2.27. The number of nitrogens with one attached hydrogen (secondary N) is 1. The molecular weight excluding hydrogens is 212 g/mol. The SMILES string of the molecule is Cn1cnc2c1C(c1ccc(N)cc1)NCC2. The summed E-state index contributed by atoms with van der Waals surface area (Å²) in [6, 6.07) is 8.28. The van der Waals surface area contributed by atoms with Crippen LogP contribution in [0.3, 0.4) is 0 Å². The average Bonchev–Trinajstić information content (AvgIpc) is 2.73. The molecule has 1 unspecified atom stereocenters. The van der Waals surface area contributed by atoms with Crippen LogP contribution in [-0.2, 0) is 13.5 Å². The minimum atomic E-state index is 0.229. The van der Waals surface area contributed by atoms with Gasteiger partial charge in [0.1, 0.15) is 0 Å². The van der Waals surface area contributed by atoms with Gasteiger partial charge in [-0.3, -0.25) is 0 Å². The van der Waals surface area contributed by atoms with Gasteiger partial charge in [-0.1, -0.05) is 12.1 Å². The Hall–Kier alpha value is -1.81. The molecule has 17 heavy (non-hydrogen) atoms. The smallest absolute Gasteiger partial charge is 0.0949 e. The maximum atomic E-state index is 5.72. The molecule has 0 saturated carbocycles. The Kier molecular flexibility index (Phi) is 2.37. The first-order chi connectivity index (χ1) is 8.25. The van der Waals surface area contributed by atoms with Crippen LogP contribution in [0.25, 0.3) is 0 Å². The van der Waals surface area contributed by atoms with E-state index in [9.17, 15) is 0 Å². The minimum Gasteiger partial charge on any atom is -0.399 e. The normalized spacial score (nSPS) is 19.0. The van der Waals surface area contributed by atoms with Gasteiger partial charge in [-0.05, 0) is 17.7 Å². The molecule has 88 valence electrons. The van der Waals surface area contributed by atoms with Gasteiger partial charge in [-0.15, -0.1) is 0 Å². The Balaban J connectivity index is 2.05. The van der Waals surface area contributed by atoms with Crippen molar-refractivity contribution in [1.29, 1.82) is 0 Å². The zero-order chi connectivity index (χ0) is 11.8. The number of nitrogens with two attached hydrogens (primary N) is 1. The van der Waals surface area contributed by atoms with Gasteiger partial charge >= 0.3 is 0 Å². The van der Waals surface area contributed by atoms with Gasteiger partial charge in [0, 0.05) is 25.7 Å². The second kappa shape index (κ2) is 3.89. The first-order valence-corrected chi connectivity index (χ1v) is 5.84. The third-order valence-corrected chi connectivity index (χ3v) is 3.32. The lowest BCUT2D eigenvalue weighted by Gasteiger charge is -2.25. The van der Waals surface area contributed by atoms with Crippen LogP contribution < -0.4 is 11.1 Å². The average molecular weight is 228 g/mol. The minimum absolute atomic E-state index is 0.229. The summed E-state index contributed by atoms with van der Waals surface area (Å²) in [5.41, 5.74) is 10.2. The quantitative estimate of drug-likeness (QED) is 0.722. The summed E-state index contributed by atoms with van der Waals surface area (Å²) in [5, 5.41) is 3.54. The molecule has 4 nitrogen and oxygen atoms in total. The van der Waals surface area contributed by atoms with E-state index in [1.807, 2.05) is 25.5 Å². The van der Waals surface area contributed by atoms with E-state index in [1.165, 1.54) is 17.0 Å². The Labute approximate surface area is 100 Å². The van der Waals surface area contributed by atoms with Crippen molar-refractivity contribution in [2.75, 3.05) is 12.3 Å². The van der Waals surface area contributed by atoms with E-state index in [-0.39, 0.29) is 6.04 Å². The zero-order valence-electron chi connectivity index (χ0n) is 9.85. The second-order valence-electron chi connectivity index (χ2n) is 4.49. The molecule has 1 aromatic carbocycles. The Morgan fingerprint density at radius 2 is 2.12 bits per heavy atom. The number of nitrogen functional groups attached to an aromatic ring is 1. The van der Waals surface area contributed by atoms with Crippen LogP contribution in [0.5, 0.6) is 0 Å². The third-order valence-electron chi connectivity index (χ3n) is 3.32. The molecule has 0 bridgehead atoms. The maximum absolute atomic E-state index is 5.72. The lowest BCUT2D eigenvalue weighted by Crippen LogP contribution is -2.31. The van der Waals surface area contributed by atoms with Crippen LogP contribution in [0.15, 0.2) is 30.6 Å². The summed E-state index contributed by atoms with van der Waals surface area (Å²) < 4.78 is 2.10. The third kappa shape index (κ3) is 1.70. The fraction of sp³-hybridized carbons (Fsp3) is 0.308. The van der Waals surface area contributed by atoms with Crippen molar-refractivity contribution in [3.8, 4) is 0 Å². The van der Waals surface area contributed by atoms with Crippen LogP contribution in [0, 0.1) is 0 Å². The highest BCUT2D eigenvalue weighted by molar-refractivity contribution is 5.42. The summed E-state index contributed by atoms with van der Waals surface area (Å²) in [4.78, 5) is 4.45. The Morgan fingerprint density at radius 1 is 1.35 bits per heavy atom. The van der Waals surface area contributed by atoms with Crippen LogP contribution in [0.2, 0.25) is 0 Å². The molecule has 0 fully saturated rings. The highest BCUT2D eigenvalue weighted by atomic mass is 15.1. The number of aromatic nitrogens is 2. The van der Waals surface area contributed by atoms with E-state index in [1.54, 1.807) is 0 Å². The summed E-state index contributed by atoms with van der Waals surface area (Å²) in [7, 11) is 2.04. The number of aryl methyl sites for hydroxylation is 1. The van der Waals surface area contributed by atoms with Gasteiger partial charge in [-0.2, -0.15) is 0 Å². The van der Waals surface area contributed by atoms with Gasteiger partial charge in [0.05, 0.1) is 23.8 Å². The summed E-state index contributed by atoms with van der Waals surface area (Å²) in [6.45, 7) is 0.971. The summed E-state index contributed by atoms with van der Waals surface area (Å²) in [6.07, 6.45) is 2.89. The molecule has 0 aliphatic carbocycles. The van der Waals surface area contributed by atoms with Crippen LogP contribution in [0.1, 0.15) is 23.0 Å². The number of rotatable bonds is 1. The number of benzene rings is 1. The molecule has 0 radical (unpaired) electrons. The molecule has 1 aliphatic heterocycles. The van der Waals surface area contributed by atoms with E-state index in [4.69, 9.17) is 5.73 Å². The molecule has 1 aliphatic rings. The van der Waals surface area contributed by atoms with E-state index in [2.05, 4.69) is 27.0 Å². The monoisotopic (exact) mass is 228 g/mol. The van der Waals surface area contributed by atoms with Crippen molar-refractivity contribution in [3.05, 3.63) is 47.5 Å². The number of hydrogen-bond acceptors (Lipinski definition) is 3. The molecule has 2 aromatic rings. The lowest BCUT2D eigenvalue weighted by atomic mass is 9.97. The van der Waals surface area contributed by atoms with Gasteiger partial charge < -0.3 is 15.6 Å². The van der Waals surface area contributed by atoms with Gasteiger partial charge in [0.15, 0.2) is 0 Å². The predicted molar refractivity (Wildman–Crippen MR) is 67.6 cm³/mol. The number of imidazole rings is 1. The molecule has 3 N–H and O–H groups in total. The van der Waals surface area contributed by atoms with Crippen LogP contribution in [-0.4, -0.2) is 16.1 Å². The van der Waals surface area contributed by atoms with E-state index in [0.717, 1.165) is 18.7 Å². The molecule has 2 heterocycles. The van der Waals surface area contributed by atoms with E-state index >= 15 is 0 Å². The number of anilines is 1. The van der Waals surface area contributed by atoms with Crippen molar-refractivity contribution >= 4 is 5.69 Å². The molecule has 4 heteroatoms. The van der Waals surface area contributed by atoms with E-state index in [0.29, 0.717) is 0 Å². The van der Waals surface area contributed by atoms with Crippen molar-refractivity contribution in [2.45, 2.75) is 12.5 Å². The lowest BCUT2D eigenvalue weighted by molar-refractivity contribution is 0.535. The molecule has 0 spiro atoms. The standard InChI is InChI=1S/C13H16N4/c1-17-8-16-11-6-7-15-12(13(11)17)9-2-4-10(14)5-3-9/h2-5,8,12,15H,6-7,14H2,1H3. The van der Waals surface area contributed by atoms with Crippen molar-refractivity contribution in [3.63, 3.8) is 0 Å². The molecule has 0 saturated heterocycles. The first kappa shape index (κ1) is 10.4. The van der Waals surface area contributed by atoms with Gasteiger partial charge in [0.2, 0.25) is 0 Å².